The largest absolute Gasteiger partial charge is 0.485 e. The van der Waals surface area contributed by atoms with Crippen molar-refractivity contribution in [3.8, 4) is 5.75 Å². The first kappa shape index (κ1) is 21.7. The highest BCUT2D eigenvalue weighted by Gasteiger charge is 2.31. The summed E-state index contributed by atoms with van der Waals surface area (Å²) >= 11 is 0. The summed E-state index contributed by atoms with van der Waals surface area (Å²) in [5.74, 6) is 0.840. The van der Waals surface area contributed by atoms with Gasteiger partial charge in [0, 0.05) is 20.0 Å². The summed E-state index contributed by atoms with van der Waals surface area (Å²) in [6, 6.07) is 13.5. The minimum atomic E-state index is -0.685. The van der Waals surface area contributed by atoms with Crippen LogP contribution in [0.4, 0.5) is 10.1 Å². The third-order valence-electron chi connectivity index (χ3n) is 5.71. The zero-order valence-electron chi connectivity index (χ0n) is 18.5. The average molecular weight is 439 g/mol. The van der Waals surface area contributed by atoms with E-state index in [4.69, 9.17) is 4.74 Å². The van der Waals surface area contributed by atoms with Crippen molar-refractivity contribution < 1.29 is 13.9 Å². The maximum Gasteiger partial charge on any atom is 0.247 e. The van der Waals surface area contributed by atoms with Crippen LogP contribution in [0.15, 0.2) is 48.5 Å². The molecule has 1 aromatic heterocycles. The molecular formula is C23H27FN6O2. The van der Waals surface area contributed by atoms with E-state index in [1.807, 2.05) is 24.3 Å². The number of likely N-dealkylation sites (N-methyl/N-ethyl adjacent to an activating group) is 2. The van der Waals surface area contributed by atoms with Crippen LogP contribution in [0, 0.1) is 12.7 Å². The molecule has 0 N–H and O–H groups in total. The van der Waals surface area contributed by atoms with Gasteiger partial charge < -0.3 is 14.5 Å². The lowest BCUT2D eigenvalue weighted by molar-refractivity contribution is -0.134. The first-order valence-electron chi connectivity index (χ1n) is 10.7. The molecule has 0 unspecified atom stereocenters. The van der Waals surface area contributed by atoms with Gasteiger partial charge in [0.2, 0.25) is 5.91 Å². The molecule has 4 rings (SSSR count). The topological polar surface area (TPSA) is 76.4 Å². The summed E-state index contributed by atoms with van der Waals surface area (Å²) in [4.78, 5) is 17.4. The number of aryl methyl sites for hydroxylation is 1. The Morgan fingerprint density at radius 2 is 2.09 bits per heavy atom. The number of tetrazole rings is 1. The highest BCUT2D eigenvalue weighted by molar-refractivity contribution is 5.80. The lowest BCUT2D eigenvalue weighted by atomic mass is 10.0. The van der Waals surface area contributed by atoms with Gasteiger partial charge in [-0.3, -0.25) is 4.79 Å². The Morgan fingerprint density at radius 3 is 2.81 bits per heavy atom. The minimum absolute atomic E-state index is 0.157. The Kier molecular flexibility index (Phi) is 6.34. The highest BCUT2D eigenvalue weighted by Crippen LogP contribution is 2.33. The number of carbonyl (C=O) groups is 1. The quantitative estimate of drug-likeness (QED) is 0.565. The number of fused-ring (bicyclic) bond motifs is 1. The first-order chi connectivity index (χ1) is 15.5. The predicted octanol–water partition coefficient (Wildman–Crippen LogP) is 2.65. The SMILES string of the molecule is CCN1C[C@H](CN(C)C(=O)[C@@H](Cc2cccc(F)c2)n2nnnc2C)Oc2ccccc21. The van der Waals surface area contributed by atoms with Crippen molar-refractivity contribution in [1.29, 1.82) is 0 Å². The molecular weight excluding hydrogens is 411 g/mol. The fourth-order valence-corrected chi connectivity index (χ4v) is 4.12. The lowest BCUT2D eigenvalue weighted by Crippen LogP contribution is -2.48. The van der Waals surface area contributed by atoms with E-state index in [0.29, 0.717) is 24.5 Å². The summed E-state index contributed by atoms with van der Waals surface area (Å²) in [7, 11) is 1.75. The third kappa shape index (κ3) is 4.56. The van der Waals surface area contributed by atoms with Crippen LogP contribution in [0.1, 0.15) is 24.4 Å². The average Bonchev–Trinajstić information content (AvgIpc) is 3.22. The van der Waals surface area contributed by atoms with Gasteiger partial charge in [-0.2, -0.15) is 0 Å². The number of carbonyl (C=O) groups excluding carboxylic acids is 1. The first-order valence-corrected chi connectivity index (χ1v) is 10.7. The Labute approximate surface area is 186 Å². The summed E-state index contributed by atoms with van der Waals surface area (Å²) in [6.07, 6.45) is 0.103. The number of rotatable bonds is 7. The zero-order valence-corrected chi connectivity index (χ0v) is 18.5. The van der Waals surface area contributed by atoms with Gasteiger partial charge in [0.15, 0.2) is 0 Å². The number of ether oxygens (including phenoxy) is 1. The predicted molar refractivity (Wildman–Crippen MR) is 118 cm³/mol. The highest BCUT2D eigenvalue weighted by atomic mass is 19.1. The summed E-state index contributed by atoms with van der Waals surface area (Å²) in [5, 5.41) is 11.6. The van der Waals surface area contributed by atoms with Crippen molar-refractivity contribution >= 4 is 11.6 Å². The zero-order chi connectivity index (χ0) is 22.7. The molecule has 0 fully saturated rings. The lowest BCUT2D eigenvalue weighted by Gasteiger charge is -2.37. The van der Waals surface area contributed by atoms with Crippen LogP contribution in [-0.2, 0) is 11.2 Å². The molecule has 2 atom stereocenters. The second-order valence-electron chi connectivity index (χ2n) is 7.99. The number of halogens is 1. The van der Waals surface area contributed by atoms with E-state index < -0.39 is 6.04 Å². The smallest absolute Gasteiger partial charge is 0.247 e. The monoisotopic (exact) mass is 438 g/mol. The molecule has 0 saturated carbocycles. The maximum absolute atomic E-state index is 13.7. The molecule has 0 aliphatic carbocycles. The summed E-state index contributed by atoms with van der Waals surface area (Å²) in [5.41, 5.74) is 1.76. The molecule has 168 valence electrons. The van der Waals surface area contributed by atoms with Crippen molar-refractivity contribution in [2.45, 2.75) is 32.4 Å². The van der Waals surface area contributed by atoms with Crippen LogP contribution in [-0.4, -0.2) is 63.8 Å². The number of nitrogens with zero attached hydrogens (tertiary/aromatic N) is 6. The van der Waals surface area contributed by atoms with Crippen molar-refractivity contribution in [3.05, 3.63) is 65.7 Å². The Bertz CT molecular complexity index is 1090. The van der Waals surface area contributed by atoms with Gasteiger partial charge in [-0.1, -0.05) is 24.3 Å². The molecule has 3 aromatic rings. The molecule has 2 heterocycles. The van der Waals surface area contributed by atoms with Gasteiger partial charge >= 0.3 is 0 Å². The van der Waals surface area contributed by atoms with E-state index in [2.05, 4.69) is 27.3 Å². The van der Waals surface area contributed by atoms with Crippen LogP contribution in [0.2, 0.25) is 0 Å². The number of hydrogen-bond acceptors (Lipinski definition) is 6. The van der Waals surface area contributed by atoms with E-state index in [1.54, 1.807) is 31.0 Å². The van der Waals surface area contributed by atoms with Crippen LogP contribution >= 0.6 is 0 Å². The Morgan fingerprint density at radius 1 is 1.28 bits per heavy atom. The molecule has 1 aliphatic heterocycles. The molecule has 0 spiro atoms. The normalized spacial score (nSPS) is 16.2. The molecule has 8 nitrogen and oxygen atoms in total. The number of aromatic nitrogens is 4. The Balaban J connectivity index is 1.53. The van der Waals surface area contributed by atoms with Crippen LogP contribution in [0.5, 0.6) is 5.75 Å². The number of anilines is 1. The minimum Gasteiger partial charge on any atom is -0.485 e. The fourth-order valence-electron chi connectivity index (χ4n) is 4.12. The molecule has 9 heteroatoms. The van der Waals surface area contributed by atoms with Gasteiger partial charge in [0.05, 0.1) is 18.8 Å². The molecule has 0 bridgehead atoms. The second-order valence-corrected chi connectivity index (χ2v) is 7.99. The standard InChI is InChI=1S/C23H27FN6O2/c1-4-29-15-19(32-22-11-6-5-10-20(22)29)14-28(3)23(31)21(30-16(2)25-26-27-30)13-17-8-7-9-18(24)12-17/h5-12,19,21H,4,13-15H2,1-3H3/t19-,21+/m0/s1. The maximum atomic E-state index is 13.7. The van der Waals surface area contributed by atoms with E-state index >= 15 is 0 Å². The van der Waals surface area contributed by atoms with Gasteiger partial charge in [-0.05, 0) is 54.1 Å². The van der Waals surface area contributed by atoms with Crippen LogP contribution in [0.25, 0.3) is 0 Å². The van der Waals surface area contributed by atoms with Crippen molar-refractivity contribution in [1.82, 2.24) is 25.1 Å². The number of para-hydroxylation sites is 2. The number of amides is 1. The molecule has 32 heavy (non-hydrogen) atoms. The van der Waals surface area contributed by atoms with Crippen molar-refractivity contribution in [2.24, 2.45) is 0 Å². The van der Waals surface area contributed by atoms with Gasteiger partial charge in [0.1, 0.15) is 29.5 Å². The Hall–Kier alpha value is -3.49. The third-order valence-corrected chi connectivity index (χ3v) is 5.71. The van der Waals surface area contributed by atoms with E-state index in [9.17, 15) is 9.18 Å². The van der Waals surface area contributed by atoms with Gasteiger partial charge in [-0.15, -0.1) is 5.10 Å². The number of benzene rings is 2. The van der Waals surface area contributed by atoms with Gasteiger partial charge in [-0.25, -0.2) is 9.07 Å². The summed E-state index contributed by atoms with van der Waals surface area (Å²) in [6.45, 7) is 5.78. The molecule has 0 saturated heterocycles. The van der Waals surface area contributed by atoms with Crippen molar-refractivity contribution in [3.63, 3.8) is 0 Å². The van der Waals surface area contributed by atoms with Crippen LogP contribution < -0.4 is 9.64 Å². The van der Waals surface area contributed by atoms with E-state index in [0.717, 1.165) is 18.0 Å². The van der Waals surface area contributed by atoms with E-state index in [1.165, 1.54) is 16.8 Å². The van der Waals surface area contributed by atoms with Gasteiger partial charge in [0.25, 0.3) is 0 Å². The van der Waals surface area contributed by atoms with Crippen molar-refractivity contribution in [2.75, 3.05) is 31.6 Å². The molecule has 2 aromatic carbocycles. The molecule has 0 radical (unpaired) electrons. The fraction of sp³-hybridized carbons (Fsp3) is 0.391. The number of hydrogen-bond donors (Lipinski definition) is 0. The molecule has 1 aliphatic rings. The van der Waals surface area contributed by atoms with E-state index in [-0.39, 0.29) is 24.2 Å². The second kappa shape index (κ2) is 9.33. The summed E-state index contributed by atoms with van der Waals surface area (Å²) < 4.78 is 21.4. The van der Waals surface area contributed by atoms with Crippen LogP contribution in [0.3, 0.4) is 0 Å². The molecule has 1 amide bonds.